The fourth-order valence-corrected chi connectivity index (χ4v) is 8.25. The van der Waals surface area contributed by atoms with Crippen LogP contribution in [0.4, 0.5) is 16.2 Å². The highest BCUT2D eigenvalue weighted by Gasteiger charge is 2.26. The van der Waals surface area contributed by atoms with Gasteiger partial charge in [0.05, 0.1) is 62.2 Å². The number of piperidine rings is 1. The van der Waals surface area contributed by atoms with Crippen LogP contribution in [0.2, 0.25) is 0 Å². The lowest BCUT2D eigenvalue weighted by Crippen LogP contribution is -2.42. The van der Waals surface area contributed by atoms with Crippen LogP contribution in [0.15, 0.2) is 30.5 Å². The van der Waals surface area contributed by atoms with Gasteiger partial charge in [-0.2, -0.15) is 4.98 Å². The summed E-state index contributed by atoms with van der Waals surface area (Å²) in [5.41, 5.74) is 6.11. The van der Waals surface area contributed by atoms with Crippen molar-refractivity contribution >= 4 is 59.9 Å². The summed E-state index contributed by atoms with van der Waals surface area (Å²) in [6.45, 7) is 11.1. The summed E-state index contributed by atoms with van der Waals surface area (Å²) in [6, 6.07) is 4.40. The summed E-state index contributed by atoms with van der Waals surface area (Å²) in [5.74, 6) is 1.41. The number of carbonyl (C=O) groups is 5. The van der Waals surface area contributed by atoms with E-state index in [-0.39, 0.29) is 29.1 Å². The maximum Gasteiger partial charge on any atom is 0.237 e. The van der Waals surface area contributed by atoms with Crippen molar-refractivity contribution in [2.24, 2.45) is 5.73 Å². The van der Waals surface area contributed by atoms with Crippen LogP contribution in [-0.2, 0) is 39.6 Å². The van der Waals surface area contributed by atoms with Gasteiger partial charge in [-0.25, -0.2) is 17.9 Å². The number of rotatable bonds is 29. The predicted octanol–water partition coefficient (Wildman–Crippen LogP) is 3.71. The number of amides is 1. The molecule has 378 valence electrons. The zero-order valence-corrected chi connectivity index (χ0v) is 41.4. The monoisotopic (exact) mass is 964 g/mol. The van der Waals surface area contributed by atoms with Gasteiger partial charge in [0.1, 0.15) is 24.2 Å². The number of anilines is 2. The third-order valence-electron chi connectivity index (χ3n) is 10.6. The molecule has 20 heteroatoms. The molecule has 0 radical (unpaired) electrons. The first kappa shape index (κ1) is 60.6. The molecule has 1 aliphatic carbocycles. The van der Waals surface area contributed by atoms with Crippen molar-refractivity contribution in [2.45, 2.75) is 89.8 Å². The first-order chi connectivity index (χ1) is 32.5. The zero-order chi connectivity index (χ0) is 49.7. The molecule has 0 spiro atoms. The SMILES string of the molecule is CC.CN(c1nc(NC2CCN(S(=O)CCCNCCOCCOCCOCCN)CC2)ncc1/C=C\C=O)C1CCCC1.CNC(=O)C(CCC=O)N(C)C.O=Cc1cccc(F)c1C=O. The van der Waals surface area contributed by atoms with Gasteiger partial charge < -0.3 is 45.6 Å². The molecule has 2 heterocycles. The van der Waals surface area contributed by atoms with Gasteiger partial charge in [0, 0.05) is 81.9 Å². The van der Waals surface area contributed by atoms with Gasteiger partial charge in [-0.05, 0) is 77.4 Å². The highest BCUT2D eigenvalue weighted by molar-refractivity contribution is 7.82. The Morgan fingerprint density at radius 1 is 0.940 bits per heavy atom. The highest BCUT2D eigenvalue weighted by Crippen LogP contribution is 2.29. The van der Waals surface area contributed by atoms with E-state index in [1.165, 1.54) is 31.1 Å². The predicted molar refractivity (Wildman–Crippen MR) is 263 cm³/mol. The summed E-state index contributed by atoms with van der Waals surface area (Å²) in [5, 5.41) is 9.41. The van der Waals surface area contributed by atoms with Gasteiger partial charge in [0.15, 0.2) is 12.6 Å². The lowest BCUT2D eigenvalue weighted by atomic mass is 10.1. The number of aldehydes is 4. The molecular weight excluding hydrogens is 886 g/mol. The Balaban J connectivity index is 0.000000728. The second-order valence-electron chi connectivity index (χ2n) is 15.4. The molecule has 2 unspecified atom stereocenters. The normalized spacial score (nSPS) is 14.9. The fraction of sp³-hybridized carbons (Fsp3) is 0.638. The van der Waals surface area contributed by atoms with Crippen LogP contribution in [0.1, 0.15) is 97.9 Å². The Morgan fingerprint density at radius 3 is 2.16 bits per heavy atom. The number of nitrogens with zero attached hydrogens (tertiary/aromatic N) is 5. The van der Waals surface area contributed by atoms with Gasteiger partial charge in [-0.3, -0.25) is 24.1 Å². The molecule has 4 rings (SSSR count). The van der Waals surface area contributed by atoms with Gasteiger partial charge in [-0.1, -0.05) is 38.8 Å². The molecule has 1 aliphatic heterocycles. The lowest BCUT2D eigenvalue weighted by molar-refractivity contribution is -0.125. The van der Waals surface area contributed by atoms with Crippen LogP contribution in [0.5, 0.6) is 0 Å². The molecule has 1 aromatic heterocycles. The molecular formula is C47H78FN9O9S. The molecule has 2 aliphatic rings. The van der Waals surface area contributed by atoms with Crippen molar-refractivity contribution in [3.8, 4) is 0 Å². The van der Waals surface area contributed by atoms with Crippen LogP contribution >= 0.6 is 0 Å². The van der Waals surface area contributed by atoms with Gasteiger partial charge >= 0.3 is 0 Å². The molecule has 0 bridgehead atoms. The first-order valence-electron chi connectivity index (χ1n) is 23.3. The summed E-state index contributed by atoms with van der Waals surface area (Å²) in [6.07, 6.45) is 15.9. The van der Waals surface area contributed by atoms with E-state index in [9.17, 15) is 32.6 Å². The van der Waals surface area contributed by atoms with E-state index < -0.39 is 16.8 Å². The number of aromatic nitrogens is 2. The van der Waals surface area contributed by atoms with E-state index in [0.717, 1.165) is 88.3 Å². The fourth-order valence-electron chi connectivity index (χ4n) is 6.99. The van der Waals surface area contributed by atoms with E-state index in [2.05, 4.69) is 37.2 Å². The number of halogens is 1. The van der Waals surface area contributed by atoms with Crippen LogP contribution in [0.3, 0.4) is 0 Å². The van der Waals surface area contributed by atoms with Crippen molar-refractivity contribution in [1.29, 1.82) is 0 Å². The number of benzene rings is 1. The maximum absolute atomic E-state index is 12.8. The molecule has 18 nitrogen and oxygen atoms in total. The lowest BCUT2D eigenvalue weighted by Gasteiger charge is -2.32. The number of nitrogens with two attached hydrogens (primary N) is 1. The topological polar surface area (TPSA) is 228 Å². The number of allylic oxidation sites excluding steroid dienone is 1. The molecule has 2 fully saturated rings. The molecule has 1 amide bonds. The van der Waals surface area contributed by atoms with Gasteiger partial charge in [0.2, 0.25) is 11.9 Å². The molecule has 67 heavy (non-hydrogen) atoms. The van der Waals surface area contributed by atoms with E-state index in [4.69, 9.17) is 24.9 Å². The Kier molecular flexibility index (Phi) is 34.9. The third kappa shape index (κ3) is 25.0. The minimum atomic E-state index is -0.975. The molecule has 2 atom stereocenters. The first-order valence-corrected chi connectivity index (χ1v) is 24.6. The number of hydrogen-bond acceptors (Lipinski definition) is 16. The van der Waals surface area contributed by atoms with Gasteiger partial charge in [0.25, 0.3) is 0 Å². The summed E-state index contributed by atoms with van der Waals surface area (Å²) in [7, 11) is 6.35. The largest absolute Gasteiger partial charge is 0.378 e. The van der Waals surface area contributed by atoms with Crippen molar-refractivity contribution in [2.75, 3.05) is 117 Å². The molecule has 5 N–H and O–H groups in total. The Morgan fingerprint density at radius 2 is 1.60 bits per heavy atom. The second-order valence-corrected chi connectivity index (χ2v) is 17.0. The molecule has 2 aromatic rings. The van der Waals surface area contributed by atoms with Crippen molar-refractivity contribution in [1.82, 2.24) is 29.8 Å². The smallest absolute Gasteiger partial charge is 0.237 e. The van der Waals surface area contributed by atoms with Crippen molar-refractivity contribution < 1.29 is 46.8 Å². The Hall–Kier alpha value is -4.41. The van der Waals surface area contributed by atoms with E-state index >= 15 is 0 Å². The van der Waals surface area contributed by atoms with Gasteiger partial charge in [-0.15, -0.1) is 0 Å². The van der Waals surface area contributed by atoms with Crippen LogP contribution in [-0.4, -0.2) is 179 Å². The van der Waals surface area contributed by atoms with Crippen LogP contribution < -0.4 is 26.6 Å². The van der Waals surface area contributed by atoms with E-state index in [0.29, 0.717) is 89.3 Å². The number of ether oxygens (including phenoxy) is 3. The highest BCUT2D eigenvalue weighted by atomic mass is 32.2. The molecule has 1 saturated carbocycles. The van der Waals surface area contributed by atoms with Crippen molar-refractivity contribution in [3.63, 3.8) is 0 Å². The van der Waals surface area contributed by atoms with E-state index in [1.807, 2.05) is 32.8 Å². The zero-order valence-electron chi connectivity index (χ0n) is 40.6. The Labute approximate surface area is 400 Å². The number of nitrogens with one attached hydrogen (secondary N) is 3. The molecule has 1 saturated heterocycles. The minimum Gasteiger partial charge on any atom is -0.378 e. The average Bonchev–Trinajstić information content (AvgIpc) is 3.90. The molecule has 1 aromatic carbocycles. The van der Waals surface area contributed by atoms with Crippen LogP contribution in [0.25, 0.3) is 6.08 Å². The number of likely N-dealkylation sites (N-methyl/N-ethyl adjacent to an activating group) is 2. The minimum absolute atomic E-state index is 0.0400. The van der Waals surface area contributed by atoms with Crippen molar-refractivity contribution in [3.05, 3.63) is 53.0 Å². The maximum atomic E-state index is 12.8. The quantitative estimate of drug-likeness (QED) is 0.0518. The standard InChI is InChI=1S/C29H51N7O5S.C8H5FO2.C8H16N2O2.C2H6/c1-35(27-7-2-3-8-27)28-25(6-4-16-37)24-32-29(34-28)33-26-9-14-36(15-10-26)42(38)23-5-12-31-13-18-40-20-22-41-21-19-39-17-11-30;9-8-3-1-2-6(4-10)7(8)5-11;1-9-8(12)7(10(2)3)5-4-6-11;1-2/h4,6,16,24,26-27,31H,2-3,5,7-15,17-23,30H2,1H3,(H,32,33,34);1-5H;6-7H,4-5H2,1-3H3,(H,9,12);1-2H3/b6-4-;;;. The third-order valence-corrected chi connectivity index (χ3v) is 12.2. The number of hydrogen-bond donors (Lipinski definition) is 4. The summed E-state index contributed by atoms with van der Waals surface area (Å²) < 4.78 is 43.8. The summed E-state index contributed by atoms with van der Waals surface area (Å²) in [4.78, 5) is 66.0. The second kappa shape index (κ2) is 38.5. The summed E-state index contributed by atoms with van der Waals surface area (Å²) >= 11 is 0. The average molecular weight is 964 g/mol. The van der Waals surface area contributed by atoms with E-state index in [1.54, 1.807) is 19.3 Å². The Bertz CT molecular complexity index is 1730. The van der Waals surface area contributed by atoms with Crippen LogP contribution in [0, 0.1) is 5.82 Å². The number of carbonyl (C=O) groups excluding carboxylic acids is 5.